The predicted octanol–water partition coefficient (Wildman–Crippen LogP) is 14.5. The van der Waals surface area contributed by atoms with Gasteiger partial charge in [-0.3, -0.25) is 0 Å². The Kier molecular flexibility index (Phi) is 5.89. The summed E-state index contributed by atoms with van der Waals surface area (Å²) >= 11 is 3.63. The van der Waals surface area contributed by atoms with Gasteiger partial charge in [-0.25, -0.2) is 0 Å². The molecule has 0 atom stereocenters. The minimum absolute atomic E-state index is 0.777. The van der Waals surface area contributed by atoms with Crippen molar-refractivity contribution in [3.63, 3.8) is 0 Å². The van der Waals surface area contributed by atoms with Crippen LogP contribution in [0.15, 0.2) is 186 Å². The van der Waals surface area contributed by atoms with E-state index in [0.717, 1.165) is 66.0 Å². The number of hydrogen-bond acceptors (Lipinski definition) is 6. The molecule has 10 aromatic rings. The van der Waals surface area contributed by atoms with Gasteiger partial charge in [0.05, 0.1) is 22.7 Å². The van der Waals surface area contributed by atoms with Crippen molar-refractivity contribution in [1.29, 1.82) is 0 Å². The van der Waals surface area contributed by atoms with Crippen molar-refractivity contribution in [3.05, 3.63) is 158 Å². The molecule has 0 unspecified atom stereocenters. The number of fused-ring (bicyclic) bond motifs is 14. The Labute approximate surface area is 306 Å². The summed E-state index contributed by atoms with van der Waals surface area (Å²) in [5, 5.41) is 6.62. The minimum atomic E-state index is 0.777. The molecule has 0 spiro atoms. The third-order valence-electron chi connectivity index (χ3n) is 10.4. The highest BCUT2D eigenvalue weighted by Crippen LogP contribution is 2.54. The van der Waals surface area contributed by atoms with Crippen LogP contribution in [0, 0.1) is 0 Å². The lowest BCUT2D eigenvalue weighted by Crippen LogP contribution is -2.14. The number of benzene rings is 8. The molecule has 52 heavy (non-hydrogen) atoms. The van der Waals surface area contributed by atoms with Crippen molar-refractivity contribution in [1.82, 2.24) is 0 Å². The van der Waals surface area contributed by atoms with Crippen LogP contribution in [0.5, 0.6) is 0 Å². The van der Waals surface area contributed by atoms with Crippen LogP contribution in [-0.2, 0) is 0 Å². The molecular formula is C46H26N2O2S2. The van der Waals surface area contributed by atoms with Gasteiger partial charge in [0.25, 0.3) is 0 Å². The Morgan fingerprint density at radius 2 is 0.692 bits per heavy atom. The average molecular weight is 703 g/mol. The number of hydrogen-bond donors (Lipinski definition) is 0. The maximum absolute atomic E-state index is 6.91. The molecule has 8 aromatic carbocycles. The summed E-state index contributed by atoms with van der Waals surface area (Å²) in [6, 6.07) is 56.3. The van der Waals surface area contributed by atoms with E-state index in [1.54, 1.807) is 0 Å². The van der Waals surface area contributed by atoms with E-state index < -0.39 is 0 Å². The van der Waals surface area contributed by atoms with Gasteiger partial charge in [0.15, 0.2) is 11.2 Å². The fraction of sp³-hybridized carbons (Fsp3) is 0. The molecule has 12 rings (SSSR count). The second-order valence-electron chi connectivity index (χ2n) is 13.3. The lowest BCUT2D eigenvalue weighted by molar-refractivity contribution is 0.633. The van der Waals surface area contributed by atoms with Crippen molar-refractivity contribution in [2.24, 2.45) is 0 Å². The van der Waals surface area contributed by atoms with Crippen LogP contribution < -0.4 is 9.80 Å². The molecule has 0 radical (unpaired) electrons. The normalized spacial score (nSPS) is 13.5. The van der Waals surface area contributed by atoms with Gasteiger partial charge in [-0.15, -0.1) is 0 Å². The third-order valence-corrected chi connectivity index (χ3v) is 12.7. The fourth-order valence-corrected chi connectivity index (χ4v) is 10.3. The van der Waals surface area contributed by atoms with Gasteiger partial charge in [-0.1, -0.05) is 96.3 Å². The summed E-state index contributed by atoms with van der Waals surface area (Å²) < 4.78 is 13.8. The topological polar surface area (TPSA) is 32.8 Å². The molecule has 0 bridgehead atoms. The van der Waals surface area contributed by atoms with Crippen LogP contribution >= 0.6 is 23.5 Å². The SMILES string of the molecule is c1ccc2c(c1)Sc1ccccc1N2c1ccc2c(c1)oc1c3oc4cc(N5c6ccccc6Sc6ccccc65)ccc4c3c3ccccc3c21. The Hall–Kier alpha value is -6.08. The molecule has 2 aliphatic heterocycles. The summed E-state index contributed by atoms with van der Waals surface area (Å²) in [5.41, 5.74) is 10.00. The van der Waals surface area contributed by atoms with Gasteiger partial charge in [-0.05, 0) is 83.6 Å². The van der Waals surface area contributed by atoms with Crippen LogP contribution in [-0.4, -0.2) is 0 Å². The molecule has 244 valence electrons. The van der Waals surface area contributed by atoms with Gasteiger partial charge in [0.1, 0.15) is 11.2 Å². The van der Waals surface area contributed by atoms with Gasteiger partial charge in [0.2, 0.25) is 0 Å². The first-order chi connectivity index (χ1) is 25.8. The van der Waals surface area contributed by atoms with E-state index in [-0.39, 0.29) is 0 Å². The monoisotopic (exact) mass is 702 g/mol. The molecule has 0 saturated carbocycles. The second-order valence-corrected chi connectivity index (χ2v) is 15.4. The van der Waals surface area contributed by atoms with E-state index in [1.165, 1.54) is 42.3 Å². The molecule has 4 heterocycles. The fourth-order valence-electron chi connectivity index (χ4n) is 8.19. The zero-order valence-electron chi connectivity index (χ0n) is 27.5. The minimum Gasteiger partial charge on any atom is -0.452 e. The van der Waals surface area contributed by atoms with Crippen LogP contribution in [0.2, 0.25) is 0 Å². The van der Waals surface area contributed by atoms with E-state index in [2.05, 4.69) is 168 Å². The maximum atomic E-state index is 6.91. The number of para-hydroxylation sites is 4. The van der Waals surface area contributed by atoms with Crippen molar-refractivity contribution in [2.45, 2.75) is 19.6 Å². The molecular weight excluding hydrogens is 677 g/mol. The third kappa shape index (κ3) is 3.96. The molecule has 0 fully saturated rings. The highest BCUT2D eigenvalue weighted by molar-refractivity contribution is 8.00. The van der Waals surface area contributed by atoms with Crippen molar-refractivity contribution in [2.75, 3.05) is 9.80 Å². The molecule has 2 aliphatic rings. The second kappa shape index (κ2) is 10.7. The zero-order valence-corrected chi connectivity index (χ0v) is 29.2. The molecule has 0 amide bonds. The molecule has 2 aromatic heterocycles. The Bertz CT molecular complexity index is 2820. The largest absolute Gasteiger partial charge is 0.452 e. The van der Waals surface area contributed by atoms with Crippen LogP contribution in [0.25, 0.3) is 54.6 Å². The highest BCUT2D eigenvalue weighted by atomic mass is 32.2. The van der Waals surface area contributed by atoms with Gasteiger partial charge < -0.3 is 18.6 Å². The molecule has 6 heteroatoms. The smallest absolute Gasteiger partial charge is 0.179 e. The van der Waals surface area contributed by atoms with Crippen LogP contribution in [0.3, 0.4) is 0 Å². The average Bonchev–Trinajstić information content (AvgIpc) is 3.78. The summed E-state index contributed by atoms with van der Waals surface area (Å²) in [6.45, 7) is 0. The van der Waals surface area contributed by atoms with Crippen LogP contribution in [0.1, 0.15) is 0 Å². The maximum Gasteiger partial charge on any atom is 0.179 e. The first-order valence-corrected chi connectivity index (χ1v) is 19.0. The van der Waals surface area contributed by atoms with Crippen molar-refractivity contribution < 1.29 is 8.83 Å². The summed E-state index contributed by atoms with van der Waals surface area (Å²) in [7, 11) is 0. The first-order valence-electron chi connectivity index (χ1n) is 17.3. The summed E-state index contributed by atoms with van der Waals surface area (Å²) in [5.74, 6) is 0. The summed E-state index contributed by atoms with van der Waals surface area (Å²) in [4.78, 5) is 9.62. The Morgan fingerprint density at radius 3 is 1.08 bits per heavy atom. The standard InChI is InChI=1S/C46H26N2O2S2/c1-2-12-30-29(11-1)43-31-23-21-27(47-33-13-3-7-17-39(33)51-40-18-8-4-14-34(40)47)25-37(31)49-45(43)46-44(30)32-24-22-28(26-38(32)50-46)48-35-15-5-9-19-41(35)52-42-20-10-6-16-36(42)48/h1-26H. The van der Waals surface area contributed by atoms with E-state index in [1.807, 2.05) is 23.5 Å². The summed E-state index contributed by atoms with van der Waals surface area (Å²) in [6.07, 6.45) is 0. The van der Waals surface area contributed by atoms with E-state index in [0.29, 0.717) is 0 Å². The predicted molar refractivity (Wildman–Crippen MR) is 216 cm³/mol. The lowest BCUT2D eigenvalue weighted by Gasteiger charge is -2.32. The van der Waals surface area contributed by atoms with Gasteiger partial charge in [0, 0.05) is 64.6 Å². The first kappa shape index (κ1) is 28.6. The highest BCUT2D eigenvalue weighted by Gasteiger charge is 2.28. The Balaban J connectivity index is 1.09. The number of nitrogens with zero attached hydrogens (tertiary/aromatic N) is 2. The molecule has 0 aliphatic carbocycles. The van der Waals surface area contributed by atoms with Crippen molar-refractivity contribution in [3.8, 4) is 0 Å². The number of rotatable bonds is 2. The van der Waals surface area contributed by atoms with E-state index in [9.17, 15) is 0 Å². The molecule has 4 nitrogen and oxygen atoms in total. The quantitative estimate of drug-likeness (QED) is 0.178. The lowest BCUT2D eigenvalue weighted by atomic mass is 9.98. The molecule has 0 saturated heterocycles. The molecule has 0 N–H and O–H groups in total. The van der Waals surface area contributed by atoms with Gasteiger partial charge >= 0.3 is 0 Å². The zero-order chi connectivity index (χ0) is 33.9. The van der Waals surface area contributed by atoms with E-state index >= 15 is 0 Å². The van der Waals surface area contributed by atoms with Crippen LogP contribution in [0.4, 0.5) is 34.1 Å². The van der Waals surface area contributed by atoms with Crippen molar-refractivity contribution >= 4 is 112 Å². The number of anilines is 6. The Morgan fingerprint density at radius 1 is 0.346 bits per heavy atom. The van der Waals surface area contributed by atoms with Gasteiger partial charge in [-0.2, -0.15) is 0 Å². The number of furan rings is 2. The van der Waals surface area contributed by atoms with E-state index in [4.69, 9.17) is 8.83 Å².